The second-order valence-electron chi connectivity index (χ2n) is 4.15. The van der Waals surface area contributed by atoms with Crippen LogP contribution in [0.3, 0.4) is 0 Å². The van der Waals surface area contributed by atoms with Crippen molar-refractivity contribution in [1.82, 2.24) is 9.78 Å². The van der Waals surface area contributed by atoms with E-state index in [1.165, 1.54) is 0 Å². The van der Waals surface area contributed by atoms with Gasteiger partial charge in [-0.25, -0.2) is 4.68 Å². The highest BCUT2D eigenvalue weighted by atomic mass is 16.3. The van der Waals surface area contributed by atoms with Crippen LogP contribution in [0.1, 0.15) is 5.56 Å². The maximum atomic E-state index is 9.94. The minimum atomic E-state index is 0.225. The minimum Gasteiger partial charge on any atom is -0.506 e. The van der Waals surface area contributed by atoms with E-state index < -0.39 is 0 Å². The van der Waals surface area contributed by atoms with E-state index in [1.807, 2.05) is 30.3 Å². The number of nitrogens with two attached hydrogens (primary N) is 1. The summed E-state index contributed by atoms with van der Waals surface area (Å²) in [5, 5.41) is 15.2. The van der Waals surface area contributed by atoms with Crippen LogP contribution in [-0.2, 0) is 6.54 Å². The van der Waals surface area contributed by atoms with Gasteiger partial charge in [0.1, 0.15) is 11.3 Å². The number of phenolic OH excluding ortho intramolecular Hbond substituents is 1. The SMILES string of the molecule is NCc1cccc(-n2ncc3cccc(O)c32)c1. The van der Waals surface area contributed by atoms with Crippen LogP contribution in [0.4, 0.5) is 0 Å². The maximum Gasteiger partial charge on any atom is 0.141 e. The lowest BCUT2D eigenvalue weighted by Gasteiger charge is -2.06. The Morgan fingerprint density at radius 2 is 2.00 bits per heavy atom. The van der Waals surface area contributed by atoms with Crippen molar-refractivity contribution >= 4 is 10.9 Å². The van der Waals surface area contributed by atoms with Gasteiger partial charge in [0.2, 0.25) is 0 Å². The van der Waals surface area contributed by atoms with Crippen LogP contribution in [0.25, 0.3) is 16.6 Å². The van der Waals surface area contributed by atoms with Gasteiger partial charge in [-0.05, 0) is 23.8 Å². The van der Waals surface area contributed by atoms with Gasteiger partial charge >= 0.3 is 0 Å². The monoisotopic (exact) mass is 239 g/mol. The summed E-state index contributed by atoms with van der Waals surface area (Å²) in [7, 11) is 0. The molecule has 0 bridgehead atoms. The first-order valence-corrected chi connectivity index (χ1v) is 5.74. The lowest BCUT2D eigenvalue weighted by molar-refractivity contribution is 0.479. The molecule has 0 fully saturated rings. The van der Waals surface area contributed by atoms with Gasteiger partial charge in [-0.3, -0.25) is 0 Å². The molecule has 0 radical (unpaired) electrons. The molecule has 0 aliphatic rings. The topological polar surface area (TPSA) is 64.1 Å². The van der Waals surface area contributed by atoms with Gasteiger partial charge in [-0.1, -0.05) is 24.3 Å². The van der Waals surface area contributed by atoms with Crippen molar-refractivity contribution in [1.29, 1.82) is 0 Å². The number of fused-ring (bicyclic) bond motifs is 1. The van der Waals surface area contributed by atoms with E-state index in [0.29, 0.717) is 12.1 Å². The molecule has 0 saturated carbocycles. The highest BCUT2D eigenvalue weighted by Crippen LogP contribution is 2.26. The number of nitrogens with zero attached hydrogens (tertiary/aromatic N) is 2. The smallest absolute Gasteiger partial charge is 0.141 e. The number of hydrogen-bond donors (Lipinski definition) is 2. The highest BCUT2D eigenvalue weighted by molar-refractivity contribution is 5.85. The van der Waals surface area contributed by atoms with Crippen LogP contribution in [0, 0.1) is 0 Å². The van der Waals surface area contributed by atoms with Crippen molar-refractivity contribution in [3.8, 4) is 11.4 Å². The van der Waals surface area contributed by atoms with Gasteiger partial charge in [0.15, 0.2) is 0 Å². The molecule has 4 heteroatoms. The maximum absolute atomic E-state index is 9.94. The van der Waals surface area contributed by atoms with E-state index in [2.05, 4.69) is 5.10 Å². The van der Waals surface area contributed by atoms with Gasteiger partial charge in [0.05, 0.1) is 11.9 Å². The molecule has 90 valence electrons. The molecule has 0 aliphatic heterocycles. The Hall–Kier alpha value is -2.33. The summed E-state index contributed by atoms with van der Waals surface area (Å²) in [6.45, 7) is 0.485. The van der Waals surface area contributed by atoms with Gasteiger partial charge < -0.3 is 10.8 Å². The third-order valence-corrected chi connectivity index (χ3v) is 2.96. The molecule has 3 N–H and O–H groups in total. The number of benzene rings is 2. The first kappa shape index (κ1) is 10.8. The van der Waals surface area contributed by atoms with E-state index in [4.69, 9.17) is 5.73 Å². The van der Waals surface area contributed by atoms with Crippen LogP contribution < -0.4 is 5.73 Å². The largest absolute Gasteiger partial charge is 0.506 e. The summed E-state index contributed by atoms with van der Waals surface area (Å²) >= 11 is 0. The summed E-state index contributed by atoms with van der Waals surface area (Å²) in [5.74, 6) is 0.225. The Balaban J connectivity index is 2.25. The summed E-state index contributed by atoms with van der Waals surface area (Å²) in [6, 6.07) is 13.2. The Kier molecular flexibility index (Phi) is 2.50. The van der Waals surface area contributed by atoms with E-state index in [0.717, 1.165) is 16.6 Å². The lowest BCUT2D eigenvalue weighted by Crippen LogP contribution is -2.00. The van der Waals surface area contributed by atoms with E-state index in [-0.39, 0.29) is 5.75 Å². The minimum absolute atomic E-state index is 0.225. The normalized spacial score (nSPS) is 10.9. The predicted octanol–water partition coefficient (Wildman–Crippen LogP) is 2.19. The molecule has 0 saturated heterocycles. The average Bonchev–Trinajstić information content (AvgIpc) is 2.84. The van der Waals surface area contributed by atoms with Crippen molar-refractivity contribution in [2.75, 3.05) is 0 Å². The second kappa shape index (κ2) is 4.16. The molecule has 3 rings (SSSR count). The van der Waals surface area contributed by atoms with Crippen molar-refractivity contribution in [3.63, 3.8) is 0 Å². The quantitative estimate of drug-likeness (QED) is 0.720. The number of aromatic nitrogens is 2. The van der Waals surface area contributed by atoms with Crippen molar-refractivity contribution < 1.29 is 5.11 Å². The molecule has 1 heterocycles. The molecular weight excluding hydrogens is 226 g/mol. The summed E-state index contributed by atoms with van der Waals surface area (Å²) in [5.41, 5.74) is 8.28. The molecule has 0 unspecified atom stereocenters. The Morgan fingerprint density at radius 3 is 2.83 bits per heavy atom. The summed E-state index contributed by atoms with van der Waals surface area (Å²) in [6.07, 6.45) is 1.74. The Bertz CT molecular complexity index is 703. The third kappa shape index (κ3) is 1.63. The van der Waals surface area contributed by atoms with Gasteiger partial charge in [-0.15, -0.1) is 0 Å². The highest BCUT2D eigenvalue weighted by Gasteiger charge is 2.08. The standard InChI is InChI=1S/C14H13N3O/c15-8-10-3-1-5-12(7-10)17-14-11(9-16-17)4-2-6-13(14)18/h1-7,9,18H,8,15H2. The number of para-hydroxylation sites is 1. The fourth-order valence-electron chi connectivity index (χ4n) is 2.07. The first-order valence-electron chi connectivity index (χ1n) is 5.74. The first-order chi connectivity index (χ1) is 8.79. The zero-order valence-electron chi connectivity index (χ0n) is 9.74. The molecule has 0 atom stereocenters. The van der Waals surface area contributed by atoms with Crippen LogP contribution in [0.5, 0.6) is 5.75 Å². The zero-order valence-corrected chi connectivity index (χ0v) is 9.74. The van der Waals surface area contributed by atoms with Crippen molar-refractivity contribution in [2.24, 2.45) is 5.73 Å². The predicted molar refractivity (Wildman–Crippen MR) is 70.6 cm³/mol. The van der Waals surface area contributed by atoms with Gasteiger partial charge in [-0.2, -0.15) is 5.10 Å². The van der Waals surface area contributed by atoms with Crippen molar-refractivity contribution in [2.45, 2.75) is 6.54 Å². The third-order valence-electron chi connectivity index (χ3n) is 2.96. The average molecular weight is 239 g/mol. The van der Waals surface area contributed by atoms with E-state index in [1.54, 1.807) is 23.0 Å². The molecule has 0 aliphatic carbocycles. The summed E-state index contributed by atoms with van der Waals surface area (Å²) < 4.78 is 1.73. The Labute approximate surface area is 104 Å². The number of hydrogen-bond acceptors (Lipinski definition) is 3. The van der Waals surface area contributed by atoms with E-state index in [9.17, 15) is 5.11 Å². The van der Waals surface area contributed by atoms with Crippen molar-refractivity contribution in [3.05, 3.63) is 54.2 Å². The molecule has 2 aromatic carbocycles. The number of phenols is 1. The lowest BCUT2D eigenvalue weighted by atomic mass is 10.2. The number of rotatable bonds is 2. The molecule has 0 amide bonds. The van der Waals surface area contributed by atoms with Crippen LogP contribution in [0.15, 0.2) is 48.7 Å². The molecule has 18 heavy (non-hydrogen) atoms. The zero-order chi connectivity index (χ0) is 12.5. The Morgan fingerprint density at radius 1 is 1.17 bits per heavy atom. The fourth-order valence-corrected chi connectivity index (χ4v) is 2.07. The molecule has 4 nitrogen and oxygen atoms in total. The second-order valence-corrected chi connectivity index (χ2v) is 4.15. The molecule has 3 aromatic rings. The molecular formula is C14H13N3O. The van der Waals surface area contributed by atoms with Crippen LogP contribution in [0.2, 0.25) is 0 Å². The van der Waals surface area contributed by atoms with Gasteiger partial charge in [0, 0.05) is 11.9 Å². The molecule has 1 aromatic heterocycles. The van der Waals surface area contributed by atoms with Crippen LogP contribution in [-0.4, -0.2) is 14.9 Å². The number of aromatic hydroxyl groups is 1. The summed E-state index contributed by atoms with van der Waals surface area (Å²) in [4.78, 5) is 0. The van der Waals surface area contributed by atoms with Crippen LogP contribution >= 0.6 is 0 Å². The fraction of sp³-hybridized carbons (Fsp3) is 0.0714. The molecule has 0 spiro atoms. The van der Waals surface area contributed by atoms with Gasteiger partial charge in [0.25, 0.3) is 0 Å². The van der Waals surface area contributed by atoms with E-state index >= 15 is 0 Å².